The highest BCUT2D eigenvalue weighted by atomic mass is 32.2. The van der Waals surface area contributed by atoms with Gasteiger partial charge in [-0.05, 0) is 18.1 Å². The van der Waals surface area contributed by atoms with Crippen molar-refractivity contribution in [2.45, 2.75) is 25.4 Å². The van der Waals surface area contributed by atoms with Crippen molar-refractivity contribution < 1.29 is 9.21 Å². The number of furan rings is 1. The van der Waals surface area contributed by atoms with E-state index in [0.29, 0.717) is 11.7 Å². The highest BCUT2D eigenvalue weighted by Gasteiger charge is 2.04. The van der Waals surface area contributed by atoms with Crippen LogP contribution in [0.2, 0.25) is 0 Å². The molecule has 13 heavy (non-hydrogen) atoms. The molecule has 0 bridgehead atoms. The highest BCUT2D eigenvalue weighted by molar-refractivity contribution is 7.99. The van der Waals surface area contributed by atoms with Crippen LogP contribution >= 0.6 is 11.8 Å². The predicted molar refractivity (Wildman–Crippen MR) is 54.3 cm³/mol. The largest absolute Gasteiger partial charge is 0.447 e. The SMILES string of the molecule is CCC(C)CSc1ccc(C=O)o1. The Labute approximate surface area is 82.7 Å². The fraction of sp³-hybridized carbons (Fsp3) is 0.500. The monoisotopic (exact) mass is 198 g/mol. The fourth-order valence-electron chi connectivity index (χ4n) is 0.818. The molecule has 0 saturated heterocycles. The molecule has 0 aliphatic carbocycles. The van der Waals surface area contributed by atoms with Crippen LogP contribution in [0.4, 0.5) is 0 Å². The maximum absolute atomic E-state index is 10.3. The van der Waals surface area contributed by atoms with E-state index in [0.717, 1.165) is 17.1 Å². The van der Waals surface area contributed by atoms with E-state index in [9.17, 15) is 4.79 Å². The molecule has 0 aromatic carbocycles. The van der Waals surface area contributed by atoms with Crippen LogP contribution in [0, 0.1) is 5.92 Å². The van der Waals surface area contributed by atoms with Gasteiger partial charge in [-0.3, -0.25) is 4.79 Å². The molecule has 1 heterocycles. The lowest BCUT2D eigenvalue weighted by Gasteiger charge is -2.04. The van der Waals surface area contributed by atoms with E-state index in [1.54, 1.807) is 17.8 Å². The third kappa shape index (κ3) is 3.27. The van der Waals surface area contributed by atoms with Crippen LogP contribution in [0.5, 0.6) is 0 Å². The van der Waals surface area contributed by atoms with Crippen molar-refractivity contribution in [2.75, 3.05) is 5.75 Å². The number of hydrogen-bond donors (Lipinski definition) is 0. The van der Waals surface area contributed by atoms with Gasteiger partial charge in [-0.15, -0.1) is 0 Å². The molecule has 0 aliphatic heterocycles. The summed E-state index contributed by atoms with van der Waals surface area (Å²) in [6, 6.07) is 3.54. The number of rotatable bonds is 5. The van der Waals surface area contributed by atoms with Crippen LogP contribution in [0.15, 0.2) is 21.6 Å². The molecule has 2 nitrogen and oxygen atoms in total. The molecule has 1 atom stereocenters. The third-order valence-corrected chi connectivity index (χ3v) is 3.16. The van der Waals surface area contributed by atoms with Crippen molar-refractivity contribution in [1.82, 2.24) is 0 Å². The lowest BCUT2D eigenvalue weighted by molar-refractivity contribution is 0.109. The summed E-state index contributed by atoms with van der Waals surface area (Å²) in [6.07, 6.45) is 1.90. The van der Waals surface area contributed by atoms with Gasteiger partial charge in [0.2, 0.25) is 0 Å². The smallest absolute Gasteiger partial charge is 0.185 e. The Morgan fingerprint density at radius 3 is 2.92 bits per heavy atom. The van der Waals surface area contributed by atoms with Gasteiger partial charge in [-0.25, -0.2) is 0 Å². The quantitative estimate of drug-likeness (QED) is 0.537. The standard InChI is InChI=1S/C10H14O2S/c1-3-8(2)7-13-10-5-4-9(6-11)12-10/h4-6,8H,3,7H2,1-2H3. The zero-order valence-electron chi connectivity index (χ0n) is 7.95. The summed E-state index contributed by atoms with van der Waals surface area (Å²) in [6.45, 7) is 4.38. The maximum Gasteiger partial charge on any atom is 0.185 e. The number of thioether (sulfide) groups is 1. The first-order valence-electron chi connectivity index (χ1n) is 4.44. The first-order valence-corrected chi connectivity index (χ1v) is 5.42. The first kappa shape index (κ1) is 10.4. The van der Waals surface area contributed by atoms with Crippen molar-refractivity contribution in [2.24, 2.45) is 5.92 Å². The van der Waals surface area contributed by atoms with Crippen LogP contribution in [0.25, 0.3) is 0 Å². The molecule has 0 spiro atoms. The summed E-state index contributed by atoms with van der Waals surface area (Å²) in [5.74, 6) is 2.14. The minimum absolute atomic E-state index is 0.409. The fourth-order valence-corrected chi connectivity index (χ4v) is 1.82. The van der Waals surface area contributed by atoms with Crippen molar-refractivity contribution in [3.05, 3.63) is 17.9 Å². The van der Waals surface area contributed by atoms with E-state index in [2.05, 4.69) is 13.8 Å². The molecule has 72 valence electrons. The average Bonchev–Trinajstić information content (AvgIpc) is 2.61. The highest BCUT2D eigenvalue weighted by Crippen LogP contribution is 2.23. The van der Waals surface area contributed by atoms with Gasteiger partial charge in [0.1, 0.15) is 0 Å². The van der Waals surface area contributed by atoms with Gasteiger partial charge in [0, 0.05) is 5.75 Å². The molecule has 0 N–H and O–H groups in total. The molecule has 0 radical (unpaired) electrons. The molecule has 1 rings (SSSR count). The van der Waals surface area contributed by atoms with E-state index >= 15 is 0 Å². The molecule has 0 saturated carbocycles. The van der Waals surface area contributed by atoms with Gasteiger partial charge >= 0.3 is 0 Å². The van der Waals surface area contributed by atoms with E-state index < -0.39 is 0 Å². The van der Waals surface area contributed by atoms with Gasteiger partial charge in [-0.2, -0.15) is 0 Å². The minimum Gasteiger partial charge on any atom is -0.447 e. The topological polar surface area (TPSA) is 30.2 Å². The third-order valence-electron chi connectivity index (χ3n) is 1.93. The molecule has 3 heteroatoms. The van der Waals surface area contributed by atoms with Crippen LogP contribution in [0.3, 0.4) is 0 Å². The van der Waals surface area contributed by atoms with Crippen LogP contribution in [-0.4, -0.2) is 12.0 Å². The van der Waals surface area contributed by atoms with Gasteiger partial charge in [0.05, 0.1) is 0 Å². The number of hydrogen-bond acceptors (Lipinski definition) is 3. The maximum atomic E-state index is 10.3. The predicted octanol–water partition coefficient (Wildman–Crippen LogP) is 3.23. The Balaban J connectivity index is 2.40. The Morgan fingerprint density at radius 2 is 2.38 bits per heavy atom. The number of carbonyl (C=O) groups is 1. The number of aldehydes is 1. The lowest BCUT2D eigenvalue weighted by atomic mass is 10.2. The van der Waals surface area contributed by atoms with Crippen molar-refractivity contribution in [3.63, 3.8) is 0 Å². The normalized spacial score (nSPS) is 12.8. The summed E-state index contributed by atoms with van der Waals surface area (Å²) in [5.41, 5.74) is 0. The Bertz CT molecular complexity index is 268. The van der Waals surface area contributed by atoms with E-state index in [-0.39, 0.29) is 0 Å². The van der Waals surface area contributed by atoms with E-state index in [4.69, 9.17) is 4.42 Å². The second-order valence-electron chi connectivity index (χ2n) is 3.10. The molecular weight excluding hydrogens is 184 g/mol. The summed E-state index contributed by atoms with van der Waals surface area (Å²) in [5, 5.41) is 0.836. The van der Waals surface area contributed by atoms with Crippen molar-refractivity contribution in [3.8, 4) is 0 Å². The lowest BCUT2D eigenvalue weighted by Crippen LogP contribution is -1.94. The minimum atomic E-state index is 0.409. The van der Waals surface area contributed by atoms with Gasteiger partial charge in [0.15, 0.2) is 17.1 Å². The van der Waals surface area contributed by atoms with Gasteiger partial charge in [0.25, 0.3) is 0 Å². The zero-order chi connectivity index (χ0) is 9.68. The Kier molecular flexibility index (Phi) is 4.09. The second kappa shape index (κ2) is 5.12. The van der Waals surface area contributed by atoms with E-state index in [1.807, 2.05) is 6.07 Å². The summed E-state index contributed by atoms with van der Waals surface area (Å²) in [4.78, 5) is 10.3. The molecule has 1 aromatic rings. The summed E-state index contributed by atoms with van der Waals surface area (Å²) < 4.78 is 5.22. The zero-order valence-corrected chi connectivity index (χ0v) is 8.76. The summed E-state index contributed by atoms with van der Waals surface area (Å²) in [7, 11) is 0. The molecule has 0 amide bonds. The van der Waals surface area contributed by atoms with Crippen LogP contribution in [0.1, 0.15) is 30.8 Å². The molecular formula is C10H14O2S. The average molecular weight is 198 g/mol. The van der Waals surface area contributed by atoms with Crippen LogP contribution in [-0.2, 0) is 0 Å². The first-order chi connectivity index (χ1) is 6.26. The van der Waals surface area contributed by atoms with Crippen molar-refractivity contribution in [1.29, 1.82) is 0 Å². The van der Waals surface area contributed by atoms with Gasteiger partial charge < -0.3 is 4.42 Å². The second-order valence-corrected chi connectivity index (χ2v) is 4.12. The molecule has 0 fully saturated rings. The van der Waals surface area contributed by atoms with Crippen molar-refractivity contribution >= 4 is 18.0 Å². The Hall–Kier alpha value is -0.700. The Morgan fingerprint density at radius 1 is 1.62 bits per heavy atom. The van der Waals surface area contributed by atoms with Crippen LogP contribution < -0.4 is 0 Å². The van der Waals surface area contributed by atoms with Gasteiger partial charge in [-0.1, -0.05) is 32.0 Å². The number of carbonyl (C=O) groups excluding carboxylic acids is 1. The molecule has 1 aromatic heterocycles. The molecule has 1 unspecified atom stereocenters. The molecule has 0 aliphatic rings. The summed E-state index contributed by atoms with van der Waals surface area (Å²) >= 11 is 1.66. The van der Waals surface area contributed by atoms with E-state index in [1.165, 1.54) is 6.42 Å².